The van der Waals surface area contributed by atoms with Gasteiger partial charge in [0.25, 0.3) is 0 Å². The van der Waals surface area contributed by atoms with Crippen LogP contribution in [0.25, 0.3) is 0 Å². The van der Waals surface area contributed by atoms with Gasteiger partial charge in [0.15, 0.2) is 18.0 Å². The Bertz CT molecular complexity index is 1170. The standard InChI is InChI=1S/C27H24O8/c1-27(35-25(30)20-15-9-4-10-16-20)22(34-24(29)19-13-7-3-8-14-19)21(33-26(27)31)17-32-23(28)18-11-5-2-6-12-18/h2-16,21-22,26,31H,17H2,1H3/t21-,22-,26?,27-/m1/s1. The first-order valence-corrected chi connectivity index (χ1v) is 11.0. The number of rotatable bonds is 7. The fourth-order valence-corrected chi connectivity index (χ4v) is 3.72. The van der Waals surface area contributed by atoms with Gasteiger partial charge in [-0.25, -0.2) is 14.4 Å². The summed E-state index contributed by atoms with van der Waals surface area (Å²) in [5.74, 6) is -2.07. The highest BCUT2D eigenvalue weighted by molar-refractivity contribution is 5.91. The van der Waals surface area contributed by atoms with Crippen molar-refractivity contribution >= 4 is 17.9 Å². The second kappa shape index (κ2) is 10.5. The van der Waals surface area contributed by atoms with E-state index in [-0.39, 0.29) is 17.7 Å². The second-order valence-electron chi connectivity index (χ2n) is 8.12. The van der Waals surface area contributed by atoms with Gasteiger partial charge >= 0.3 is 17.9 Å². The van der Waals surface area contributed by atoms with Crippen LogP contribution in [-0.4, -0.2) is 53.7 Å². The number of aliphatic hydroxyl groups excluding tert-OH is 1. The van der Waals surface area contributed by atoms with Gasteiger partial charge in [-0.2, -0.15) is 0 Å². The van der Waals surface area contributed by atoms with Gasteiger partial charge in [-0.3, -0.25) is 0 Å². The smallest absolute Gasteiger partial charge is 0.338 e. The second-order valence-corrected chi connectivity index (χ2v) is 8.12. The number of ether oxygens (including phenoxy) is 4. The van der Waals surface area contributed by atoms with Crippen LogP contribution < -0.4 is 0 Å². The first-order chi connectivity index (χ1) is 16.9. The van der Waals surface area contributed by atoms with Crippen molar-refractivity contribution in [2.75, 3.05) is 6.61 Å². The first-order valence-electron chi connectivity index (χ1n) is 11.0. The molecule has 0 amide bonds. The molecule has 8 heteroatoms. The highest BCUT2D eigenvalue weighted by atomic mass is 16.7. The van der Waals surface area contributed by atoms with Gasteiger partial charge in [-0.1, -0.05) is 54.6 Å². The molecule has 0 radical (unpaired) electrons. The largest absolute Gasteiger partial charge is 0.459 e. The van der Waals surface area contributed by atoms with E-state index < -0.39 is 42.0 Å². The number of esters is 3. The van der Waals surface area contributed by atoms with E-state index in [1.807, 2.05) is 0 Å². The molecule has 1 aliphatic rings. The molecule has 35 heavy (non-hydrogen) atoms. The lowest BCUT2D eigenvalue weighted by atomic mass is 9.96. The van der Waals surface area contributed by atoms with Crippen molar-refractivity contribution in [3.63, 3.8) is 0 Å². The molecule has 0 aliphatic carbocycles. The average Bonchev–Trinajstić information content (AvgIpc) is 3.12. The van der Waals surface area contributed by atoms with Crippen LogP contribution >= 0.6 is 0 Å². The van der Waals surface area contributed by atoms with Crippen LogP contribution in [0.1, 0.15) is 38.0 Å². The van der Waals surface area contributed by atoms with Crippen molar-refractivity contribution in [2.45, 2.75) is 31.0 Å². The Morgan fingerprint density at radius 1 is 0.771 bits per heavy atom. The van der Waals surface area contributed by atoms with Crippen molar-refractivity contribution in [2.24, 2.45) is 0 Å². The number of aliphatic hydroxyl groups is 1. The van der Waals surface area contributed by atoms with E-state index in [9.17, 15) is 19.5 Å². The van der Waals surface area contributed by atoms with Gasteiger partial charge in [0.2, 0.25) is 0 Å². The van der Waals surface area contributed by atoms with Crippen molar-refractivity contribution in [1.29, 1.82) is 0 Å². The van der Waals surface area contributed by atoms with Crippen molar-refractivity contribution in [1.82, 2.24) is 0 Å². The third-order valence-electron chi connectivity index (χ3n) is 5.65. The van der Waals surface area contributed by atoms with Crippen LogP contribution in [0.4, 0.5) is 0 Å². The molecule has 0 spiro atoms. The summed E-state index contributed by atoms with van der Waals surface area (Å²) in [6.07, 6.45) is -4.02. The zero-order chi connectivity index (χ0) is 24.8. The monoisotopic (exact) mass is 476 g/mol. The number of carbonyl (C=O) groups is 3. The zero-order valence-electron chi connectivity index (χ0n) is 18.9. The number of carbonyl (C=O) groups excluding carboxylic acids is 3. The topological polar surface area (TPSA) is 108 Å². The Morgan fingerprint density at radius 3 is 1.74 bits per heavy atom. The number of hydrogen-bond donors (Lipinski definition) is 1. The molecular weight excluding hydrogens is 452 g/mol. The van der Waals surface area contributed by atoms with Crippen LogP contribution in [0.5, 0.6) is 0 Å². The van der Waals surface area contributed by atoms with Gasteiger partial charge < -0.3 is 24.1 Å². The van der Waals surface area contributed by atoms with E-state index >= 15 is 0 Å². The third-order valence-corrected chi connectivity index (χ3v) is 5.65. The molecule has 1 N–H and O–H groups in total. The quantitative estimate of drug-likeness (QED) is 0.408. The molecule has 0 aromatic heterocycles. The normalized spacial score (nSPS) is 23.3. The van der Waals surface area contributed by atoms with E-state index in [0.29, 0.717) is 5.56 Å². The molecular formula is C27H24O8. The molecule has 1 unspecified atom stereocenters. The maximum Gasteiger partial charge on any atom is 0.338 e. The Morgan fingerprint density at radius 2 is 1.23 bits per heavy atom. The summed E-state index contributed by atoms with van der Waals surface area (Å²) in [6, 6.07) is 24.7. The van der Waals surface area contributed by atoms with Crippen LogP contribution in [-0.2, 0) is 18.9 Å². The third kappa shape index (κ3) is 5.40. The minimum atomic E-state index is -1.78. The summed E-state index contributed by atoms with van der Waals surface area (Å²) in [4.78, 5) is 38.1. The molecule has 180 valence electrons. The lowest BCUT2D eigenvalue weighted by Gasteiger charge is -2.32. The molecule has 1 saturated heterocycles. The first kappa shape index (κ1) is 24.1. The minimum Gasteiger partial charge on any atom is -0.459 e. The molecule has 4 rings (SSSR count). The van der Waals surface area contributed by atoms with Crippen molar-refractivity contribution < 1.29 is 38.4 Å². The summed E-state index contributed by atoms with van der Waals surface area (Å²) >= 11 is 0. The molecule has 1 aliphatic heterocycles. The highest BCUT2D eigenvalue weighted by Crippen LogP contribution is 2.37. The van der Waals surface area contributed by atoms with Crippen molar-refractivity contribution in [3.8, 4) is 0 Å². The lowest BCUT2D eigenvalue weighted by molar-refractivity contribution is -0.172. The Hall–Kier alpha value is -4.01. The molecule has 0 bridgehead atoms. The molecule has 3 aromatic rings. The summed E-state index contributed by atoms with van der Waals surface area (Å²) in [5.41, 5.74) is -0.956. The summed E-state index contributed by atoms with van der Waals surface area (Å²) < 4.78 is 22.2. The zero-order valence-corrected chi connectivity index (χ0v) is 18.9. The molecule has 0 saturated carbocycles. The van der Waals surface area contributed by atoms with Gasteiger partial charge in [0.05, 0.1) is 16.7 Å². The predicted octanol–water partition coefficient (Wildman–Crippen LogP) is 3.40. The minimum absolute atomic E-state index is 0.244. The molecule has 4 atom stereocenters. The Labute approximate surface area is 202 Å². The average molecular weight is 476 g/mol. The fraction of sp³-hybridized carbons (Fsp3) is 0.222. The Kier molecular flexibility index (Phi) is 7.24. The predicted molar refractivity (Wildman–Crippen MR) is 124 cm³/mol. The van der Waals surface area contributed by atoms with Crippen LogP contribution in [0, 0.1) is 0 Å². The highest BCUT2D eigenvalue weighted by Gasteiger charge is 2.59. The van der Waals surface area contributed by atoms with Gasteiger partial charge in [0.1, 0.15) is 12.7 Å². The van der Waals surface area contributed by atoms with Crippen molar-refractivity contribution in [3.05, 3.63) is 108 Å². The lowest BCUT2D eigenvalue weighted by Crippen LogP contribution is -2.52. The van der Waals surface area contributed by atoms with E-state index in [1.54, 1.807) is 91.0 Å². The maximum atomic E-state index is 12.8. The fourth-order valence-electron chi connectivity index (χ4n) is 3.72. The summed E-state index contributed by atoms with van der Waals surface area (Å²) in [6.45, 7) is 1.05. The SMILES string of the molecule is C[C@]1(OC(=O)c2ccccc2)C(O)O[C@H](COC(=O)c2ccccc2)[C@H]1OC(=O)c1ccccc1. The van der Waals surface area contributed by atoms with E-state index in [2.05, 4.69) is 0 Å². The van der Waals surface area contributed by atoms with Crippen LogP contribution in [0.3, 0.4) is 0 Å². The van der Waals surface area contributed by atoms with Gasteiger partial charge in [-0.05, 0) is 43.3 Å². The van der Waals surface area contributed by atoms with Crippen LogP contribution in [0.2, 0.25) is 0 Å². The molecule has 1 heterocycles. The summed E-state index contributed by atoms with van der Waals surface area (Å²) in [5, 5.41) is 10.7. The van der Waals surface area contributed by atoms with E-state index in [4.69, 9.17) is 18.9 Å². The van der Waals surface area contributed by atoms with Gasteiger partial charge in [0, 0.05) is 0 Å². The molecule has 1 fully saturated rings. The van der Waals surface area contributed by atoms with E-state index in [1.165, 1.54) is 6.92 Å². The number of hydrogen-bond acceptors (Lipinski definition) is 8. The Balaban J connectivity index is 1.56. The molecule has 8 nitrogen and oxygen atoms in total. The van der Waals surface area contributed by atoms with E-state index in [0.717, 1.165) is 0 Å². The summed E-state index contributed by atoms with van der Waals surface area (Å²) in [7, 11) is 0. The maximum absolute atomic E-state index is 12.8. The number of benzene rings is 3. The molecule has 3 aromatic carbocycles. The van der Waals surface area contributed by atoms with Gasteiger partial charge in [-0.15, -0.1) is 0 Å². The van der Waals surface area contributed by atoms with Crippen LogP contribution in [0.15, 0.2) is 91.0 Å².